The van der Waals surface area contributed by atoms with Gasteiger partial charge in [-0.05, 0) is 26.0 Å². The van der Waals surface area contributed by atoms with Crippen LogP contribution < -0.4 is 5.32 Å². The Morgan fingerprint density at radius 2 is 2.16 bits per heavy atom. The Morgan fingerprint density at radius 3 is 2.79 bits per heavy atom. The number of carbonyl (C=O) groups is 1. The molecular formula is C12H17ClN4OS. The molecule has 1 atom stereocenters. The lowest BCUT2D eigenvalue weighted by Crippen LogP contribution is -2.39. The number of nitrogens with zero attached hydrogens (tertiary/aromatic N) is 3. The number of aromatic nitrogens is 2. The van der Waals surface area contributed by atoms with Crippen molar-refractivity contribution < 1.29 is 4.79 Å². The van der Waals surface area contributed by atoms with Crippen molar-refractivity contribution in [3.05, 3.63) is 11.2 Å². The normalized spacial score (nSPS) is 16.5. The van der Waals surface area contributed by atoms with Crippen molar-refractivity contribution in [2.24, 2.45) is 0 Å². The van der Waals surface area contributed by atoms with Crippen LogP contribution in [0.2, 0.25) is 5.15 Å². The lowest BCUT2D eigenvalue weighted by molar-refractivity contribution is -0.130. The SMILES string of the molecule is CSc1nc(Cl)cc(NC(C)C(=O)N2CCCC2)n1. The fourth-order valence-electron chi connectivity index (χ4n) is 2.06. The van der Waals surface area contributed by atoms with Gasteiger partial charge in [-0.1, -0.05) is 23.4 Å². The summed E-state index contributed by atoms with van der Waals surface area (Å²) < 4.78 is 0. The summed E-state index contributed by atoms with van der Waals surface area (Å²) in [5.74, 6) is 0.697. The summed E-state index contributed by atoms with van der Waals surface area (Å²) in [6.45, 7) is 3.55. The molecular weight excluding hydrogens is 284 g/mol. The Bertz CT molecular complexity index is 465. The van der Waals surface area contributed by atoms with Crippen molar-refractivity contribution in [2.75, 3.05) is 24.7 Å². The number of anilines is 1. The van der Waals surface area contributed by atoms with Crippen LogP contribution in [0.5, 0.6) is 0 Å². The third kappa shape index (κ3) is 3.73. The molecule has 0 spiro atoms. The van der Waals surface area contributed by atoms with Crippen molar-refractivity contribution in [1.82, 2.24) is 14.9 Å². The van der Waals surface area contributed by atoms with Gasteiger partial charge in [-0.25, -0.2) is 9.97 Å². The first-order valence-electron chi connectivity index (χ1n) is 6.24. The second-order valence-electron chi connectivity index (χ2n) is 4.46. The number of carbonyl (C=O) groups excluding carboxylic acids is 1. The Labute approximate surface area is 122 Å². The van der Waals surface area contributed by atoms with E-state index >= 15 is 0 Å². The van der Waals surface area contributed by atoms with Crippen LogP contribution in [0.25, 0.3) is 0 Å². The Morgan fingerprint density at radius 1 is 1.47 bits per heavy atom. The molecule has 0 bridgehead atoms. The van der Waals surface area contributed by atoms with Crippen LogP contribution in [0.15, 0.2) is 11.2 Å². The van der Waals surface area contributed by atoms with Gasteiger partial charge in [-0.3, -0.25) is 4.79 Å². The van der Waals surface area contributed by atoms with E-state index in [-0.39, 0.29) is 11.9 Å². The van der Waals surface area contributed by atoms with Gasteiger partial charge in [0.2, 0.25) is 5.91 Å². The minimum Gasteiger partial charge on any atom is -0.358 e. The van der Waals surface area contributed by atoms with Crippen LogP contribution in [0.1, 0.15) is 19.8 Å². The minimum atomic E-state index is -0.307. The monoisotopic (exact) mass is 300 g/mol. The fraction of sp³-hybridized carbons (Fsp3) is 0.583. The molecule has 0 aliphatic carbocycles. The molecule has 1 fully saturated rings. The van der Waals surface area contributed by atoms with E-state index in [0.717, 1.165) is 25.9 Å². The van der Waals surface area contributed by atoms with Gasteiger partial charge < -0.3 is 10.2 Å². The molecule has 0 saturated carbocycles. The number of hydrogen-bond donors (Lipinski definition) is 1. The molecule has 19 heavy (non-hydrogen) atoms. The Balaban J connectivity index is 2.03. The second-order valence-corrected chi connectivity index (χ2v) is 5.62. The highest BCUT2D eigenvalue weighted by Crippen LogP contribution is 2.18. The number of halogens is 1. The van der Waals surface area contributed by atoms with Gasteiger partial charge >= 0.3 is 0 Å². The summed E-state index contributed by atoms with van der Waals surface area (Å²) in [5, 5.41) is 4.06. The Hall–Kier alpha value is -1.01. The first kappa shape index (κ1) is 14.4. The van der Waals surface area contributed by atoms with E-state index in [1.807, 2.05) is 18.1 Å². The van der Waals surface area contributed by atoms with Crippen molar-refractivity contribution >= 4 is 35.1 Å². The summed E-state index contributed by atoms with van der Waals surface area (Å²) >= 11 is 7.34. The molecule has 0 aromatic carbocycles. The van der Waals surface area contributed by atoms with Crippen LogP contribution in [0.3, 0.4) is 0 Å². The van der Waals surface area contributed by atoms with E-state index in [1.165, 1.54) is 11.8 Å². The molecule has 1 unspecified atom stereocenters. The van der Waals surface area contributed by atoms with Gasteiger partial charge in [0, 0.05) is 19.2 Å². The van der Waals surface area contributed by atoms with Gasteiger partial charge in [0.05, 0.1) is 0 Å². The lowest BCUT2D eigenvalue weighted by Gasteiger charge is -2.21. The van der Waals surface area contributed by atoms with Crippen LogP contribution in [0.4, 0.5) is 5.82 Å². The van der Waals surface area contributed by atoms with E-state index in [0.29, 0.717) is 16.1 Å². The summed E-state index contributed by atoms with van der Waals surface area (Å²) in [7, 11) is 0. The molecule has 5 nitrogen and oxygen atoms in total. The predicted molar refractivity (Wildman–Crippen MR) is 77.7 cm³/mol. The largest absolute Gasteiger partial charge is 0.358 e. The van der Waals surface area contributed by atoms with E-state index in [4.69, 9.17) is 11.6 Å². The second kappa shape index (κ2) is 6.43. The molecule has 1 amide bonds. The molecule has 7 heteroatoms. The van der Waals surface area contributed by atoms with Gasteiger partial charge in [0.25, 0.3) is 0 Å². The maximum atomic E-state index is 12.2. The maximum Gasteiger partial charge on any atom is 0.244 e. The quantitative estimate of drug-likeness (QED) is 0.525. The predicted octanol–water partition coefficient (Wildman–Crippen LogP) is 2.27. The molecule has 1 aliphatic rings. The van der Waals surface area contributed by atoms with Crippen molar-refractivity contribution in [3.63, 3.8) is 0 Å². The maximum absolute atomic E-state index is 12.2. The number of likely N-dealkylation sites (tertiary alicyclic amines) is 1. The van der Waals surface area contributed by atoms with Crippen LogP contribution >= 0.6 is 23.4 Å². The molecule has 104 valence electrons. The first-order chi connectivity index (χ1) is 9.10. The highest BCUT2D eigenvalue weighted by Gasteiger charge is 2.23. The highest BCUT2D eigenvalue weighted by atomic mass is 35.5. The molecule has 1 aromatic rings. The molecule has 1 aromatic heterocycles. The Kier molecular flexibility index (Phi) is 4.87. The standard InChI is InChI=1S/C12H17ClN4OS/c1-8(11(18)17-5-3-4-6-17)14-10-7-9(13)15-12(16-10)19-2/h7-8H,3-6H2,1-2H3,(H,14,15,16). The average Bonchev–Trinajstić information content (AvgIpc) is 2.90. The third-order valence-electron chi connectivity index (χ3n) is 3.01. The van der Waals surface area contributed by atoms with Crippen molar-refractivity contribution in [1.29, 1.82) is 0 Å². The van der Waals surface area contributed by atoms with E-state index < -0.39 is 0 Å². The first-order valence-corrected chi connectivity index (χ1v) is 7.84. The number of hydrogen-bond acceptors (Lipinski definition) is 5. The van der Waals surface area contributed by atoms with Gasteiger partial charge in [-0.2, -0.15) is 0 Å². The van der Waals surface area contributed by atoms with E-state index in [1.54, 1.807) is 6.07 Å². The zero-order valence-corrected chi connectivity index (χ0v) is 12.6. The topological polar surface area (TPSA) is 58.1 Å². The van der Waals surface area contributed by atoms with Gasteiger partial charge in [0.1, 0.15) is 17.0 Å². The summed E-state index contributed by atoms with van der Waals surface area (Å²) in [5.41, 5.74) is 0. The number of nitrogens with one attached hydrogen (secondary N) is 1. The lowest BCUT2D eigenvalue weighted by atomic mass is 10.3. The average molecular weight is 301 g/mol. The fourth-order valence-corrected chi connectivity index (χ4v) is 2.67. The number of amides is 1. The zero-order chi connectivity index (χ0) is 13.8. The van der Waals surface area contributed by atoms with Crippen molar-refractivity contribution in [3.8, 4) is 0 Å². The van der Waals surface area contributed by atoms with Gasteiger partial charge in [-0.15, -0.1) is 0 Å². The van der Waals surface area contributed by atoms with Crippen LogP contribution in [-0.4, -0.2) is 46.2 Å². The molecule has 2 rings (SSSR count). The van der Waals surface area contributed by atoms with Crippen LogP contribution in [0, 0.1) is 0 Å². The molecule has 2 heterocycles. The minimum absolute atomic E-state index is 0.109. The van der Waals surface area contributed by atoms with Crippen molar-refractivity contribution in [2.45, 2.75) is 31.0 Å². The smallest absolute Gasteiger partial charge is 0.244 e. The third-order valence-corrected chi connectivity index (χ3v) is 3.75. The van der Waals surface area contributed by atoms with Crippen LogP contribution in [-0.2, 0) is 4.79 Å². The van der Waals surface area contributed by atoms with Gasteiger partial charge in [0.15, 0.2) is 5.16 Å². The summed E-state index contributed by atoms with van der Waals surface area (Å²) in [6.07, 6.45) is 4.07. The molecule has 1 saturated heterocycles. The molecule has 1 N–H and O–H groups in total. The zero-order valence-electron chi connectivity index (χ0n) is 11.0. The summed E-state index contributed by atoms with van der Waals surface area (Å²) in [4.78, 5) is 22.4. The number of thioether (sulfide) groups is 1. The molecule has 1 aliphatic heterocycles. The highest BCUT2D eigenvalue weighted by molar-refractivity contribution is 7.98. The molecule has 0 radical (unpaired) electrons. The van der Waals surface area contributed by atoms with E-state index in [2.05, 4.69) is 15.3 Å². The summed E-state index contributed by atoms with van der Waals surface area (Å²) in [6, 6.07) is 1.33. The van der Waals surface area contributed by atoms with E-state index in [9.17, 15) is 4.79 Å². The number of rotatable bonds is 4.